The van der Waals surface area contributed by atoms with E-state index in [9.17, 15) is 22.4 Å². The minimum absolute atomic E-state index is 0.118. The van der Waals surface area contributed by atoms with Crippen molar-refractivity contribution in [2.45, 2.75) is 62.3 Å². The zero-order chi connectivity index (χ0) is 22.7. The minimum atomic E-state index is -5.08. The van der Waals surface area contributed by atoms with E-state index >= 15 is 0 Å². The number of hydrogen-bond donors (Lipinski definition) is 1. The Bertz CT molecular complexity index is 780. The molecule has 2 saturated heterocycles. The number of aliphatic carboxylic acids is 1. The molecule has 0 radical (unpaired) electrons. The lowest BCUT2D eigenvalue weighted by molar-refractivity contribution is -0.210. The number of likely N-dealkylation sites (tertiary alicyclic amines) is 1. The van der Waals surface area contributed by atoms with Crippen LogP contribution < -0.4 is 0 Å². The summed E-state index contributed by atoms with van der Waals surface area (Å²) in [5, 5.41) is 7.12. The average Bonchev–Trinajstić information content (AvgIpc) is 2.69. The maximum atomic E-state index is 14.3. The van der Waals surface area contributed by atoms with Crippen LogP contribution in [0.5, 0.6) is 0 Å². The quantitative estimate of drug-likeness (QED) is 0.713. The molecule has 31 heavy (non-hydrogen) atoms. The molecule has 1 aromatic rings. The van der Waals surface area contributed by atoms with Gasteiger partial charge in [-0.25, -0.2) is 9.18 Å². The Morgan fingerprint density at radius 3 is 2.39 bits per heavy atom. The van der Waals surface area contributed by atoms with E-state index in [1.54, 1.807) is 17.3 Å². The van der Waals surface area contributed by atoms with Crippen molar-refractivity contribution in [2.75, 3.05) is 19.7 Å². The predicted octanol–water partition coefficient (Wildman–Crippen LogP) is 2.88. The molecule has 0 aromatic carbocycles. The summed E-state index contributed by atoms with van der Waals surface area (Å²) in [6, 6.07) is 3.89. The predicted molar refractivity (Wildman–Crippen MR) is 98.7 cm³/mol. The standard InChI is InChI=1S/C18H23FN2O3.C2HF3O2/c19-18(5-1-6-18)16(22)21-12-17(13-21)10-15(4-9-24-17)23-11-14-2-7-20-8-3-14;3-2(4,5)1(6)7/h2-3,7-8,15H,1,4-6,9-13H2;(H,6,7). The molecule has 3 heterocycles. The van der Waals surface area contributed by atoms with E-state index in [1.165, 1.54) is 0 Å². The number of nitrogens with zero attached hydrogens (tertiary/aromatic N) is 2. The van der Waals surface area contributed by atoms with Crippen molar-refractivity contribution in [2.24, 2.45) is 0 Å². The third-order valence-corrected chi connectivity index (χ3v) is 5.70. The van der Waals surface area contributed by atoms with E-state index in [1.807, 2.05) is 12.1 Å². The van der Waals surface area contributed by atoms with E-state index in [0.717, 1.165) is 24.8 Å². The molecule has 1 spiro atoms. The van der Waals surface area contributed by atoms with Gasteiger partial charge in [0, 0.05) is 25.4 Å². The first kappa shape index (κ1) is 23.4. The van der Waals surface area contributed by atoms with Gasteiger partial charge in [0.1, 0.15) is 5.60 Å². The molecule has 1 atom stereocenters. The van der Waals surface area contributed by atoms with Crippen LogP contribution in [0.3, 0.4) is 0 Å². The van der Waals surface area contributed by atoms with Crippen LogP contribution in [-0.2, 0) is 25.7 Å². The summed E-state index contributed by atoms with van der Waals surface area (Å²) in [7, 11) is 0. The molecule has 1 aliphatic carbocycles. The fourth-order valence-electron chi connectivity index (χ4n) is 3.82. The first-order chi connectivity index (χ1) is 14.5. The van der Waals surface area contributed by atoms with Crippen LogP contribution >= 0.6 is 0 Å². The average molecular weight is 448 g/mol. The van der Waals surface area contributed by atoms with Gasteiger partial charge in [-0.3, -0.25) is 9.78 Å². The van der Waals surface area contributed by atoms with Crippen molar-refractivity contribution in [1.82, 2.24) is 9.88 Å². The minimum Gasteiger partial charge on any atom is -0.475 e. The maximum Gasteiger partial charge on any atom is 0.490 e. The summed E-state index contributed by atoms with van der Waals surface area (Å²) in [5.41, 5.74) is -0.843. The van der Waals surface area contributed by atoms with Gasteiger partial charge in [-0.05, 0) is 43.4 Å². The molecule has 1 N–H and O–H groups in total. The highest BCUT2D eigenvalue weighted by Gasteiger charge is 2.55. The number of hydrogen-bond acceptors (Lipinski definition) is 5. The van der Waals surface area contributed by atoms with Gasteiger partial charge in [-0.2, -0.15) is 13.2 Å². The third kappa shape index (κ3) is 5.70. The van der Waals surface area contributed by atoms with Gasteiger partial charge in [0.05, 0.1) is 25.8 Å². The Balaban J connectivity index is 0.000000339. The van der Waals surface area contributed by atoms with Crippen LogP contribution in [0.2, 0.25) is 0 Å². The number of aromatic nitrogens is 1. The number of pyridine rings is 1. The summed E-state index contributed by atoms with van der Waals surface area (Å²) < 4.78 is 57.9. The molecule has 1 unspecified atom stereocenters. The molecule has 7 nitrogen and oxygen atoms in total. The zero-order valence-corrected chi connectivity index (χ0v) is 16.7. The molecule has 1 saturated carbocycles. The van der Waals surface area contributed by atoms with Crippen molar-refractivity contribution in [3.8, 4) is 0 Å². The number of halogens is 4. The fraction of sp³-hybridized carbons (Fsp3) is 0.650. The van der Waals surface area contributed by atoms with Crippen LogP contribution in [-0.4, -0.2) is 70.1 Å². The lowest BCUT2D eigenvalue weighted by Crippen LogP contribution is -2.70. The van der Waals surface area contributed by atoms with Crippen molar-refractivity contribution in [1.29, 1.82) is 0 Å². The zero-order valence-electron chi connectivity index (χ0n) is 16.7. The second-order valence-electron chi connectivity index (χ2n) is 8.10. The highest BCUT2D eigenvalue weighted by atomic mass is 19.4. The molecule has 0 bridgehead atoms. The van der Waals surface area contributed by atoms with Gasteiger partial charge in [-0.1, -0.05) is 0 Å². The molecule has 1 amide bonds. The molecule has 4 rings (SSSR count). The number of carboxylic acid groups (broad SMARTS) is 1. The number of ether oxygens (including phenoxy) is 2. The van der Waals surface area contributed by atoms with Crippen molar-refractivity contribution >= 4 is 11.9 Å². The third-order valence-electron chi connectivity index (χ3n) is 5.70. The Kier molecular flexibility index (Phi) is 6.85. The van der Waals surface area contributed by atoms with Gasteiger partial charge in [0.25, 0.3) is 5.91 Å². The van der Waals surface area contributed by atoms with E-state index in [-0.39, 0.29) is 17.6 Å². The molecule has 172 valence electrons. The van der Waals surface area contributed by atoms with Crippen molar-refractivity contribution < 1.29 is 41.7 Å². The molecular weight excluding hydrogens is 424 g/mol. The van der Waals surface area contributed by atoms with Crippen LogP contribution in [0.4, 0.5) is 17.6 Å². The maximum absolute atomic E-state index is 14.3. The lowest BCUT2D eigenvalue weighted by Gasteiger charge is -2.54. The highest BCUT2D eigenvalue weighted by Crippen LogP contribution is 2.42. The first-order valence-electron chi connectivity index (χ1n) is 9.96. The summed E-state index contributed by atoms with van der Waals surface area (Å²) in [6.45, 7) is 2.17. The molecule has 2 aliphatic heterocycles. The highest BCUT2D eigenvalue weighted by molar-refractivity contribution is 5.87. The number of carbonyl (C=O) groups excluding carboxylic acids is 1. The fourth-order valence-corrected chi connectivity index (χ4v) is 3.82. The summed E-state index contributed by atoms with van der Waals surface area (Å²) in [4.78, 5) is 26.7. The molecule has 3 fully saturated rings. The molecule has 3 aliphatic rings. The SMILES string of the molecule is O=C(N1CC2(CC(OCc3ccncc3)CCO2)C1)C1(F)CCC1.O=C(O)C(F)(F)F. The van der Waals surface area contributed by atoms with Crippen molar-refractivity contribution in [3.63, 3.8) is 0 Å². The number of carbonyl (C=O) groups is 2. The normalized spacial score (nSPS) is 23.7. The van der Waals surface area contributed by atoms with Gasteiger partial charge in [0.15, 0.2) is 5.67 Å². The van der Waals surface area contributed by atoms with Gasteiger partial charge >= 0.3 is 12.1 Å². The van der Waals surface area contributed by atoms with Crippen LogP contribution in [0.1, 0.15) is 37.7 Å². The van der Waals surface area contributed by atoms with E-state index in [0.29, 0.717) is 39.1 Å². The molecule has 11 heteroatoms. The number of amides is 1. The number of alkyl halides is 4. The van der Waals surface area contributed by atoms with Gasteiger partial charge in [0.2, 0.25) is 0 Å². The van der Waals surface area contributed by atoms with Crippen LogP contribution in [0.25, 0.3) is 0 Å². The molecular formula is C20H24F4N2O5. The number of rotatable bonds is 4. The Hall–Kier alpha value is -2.27. The Labute approximate surface area is 176 Å². The van der Waals surface area contributed by atoms with Gasteiger partial charge in [-0.15, -0.1) is 0 Å². The monoisotopic (exact) mass is 448 g/mol. The summed E-state index contributed by atoms with van der Waals surface area (Å²) in [5.74, 6) is -3.10. The Morgan fingerprint density at radius 2 is 1.87 bits per heavy atom. The second-order valence-corrected chi connectivity index (χ2v) is 8.10. The number of carboxylic acids is 1. The summed E-state index contributed by atoms with van der Waals surface area (Å²) in [6.07, 6.45) is 1.71. The largest absolute Gasteiger partial charge is 0.490 e. The second kappa shape index (κ2) is 9.07. The van der Waals surface area contributed by atoms with Crippen LogP contribution in [0, 0.1) is 0 Å². The molecule has 1 aromatic heterocycles. The van der Waals surface area contributed by atoms with Crippen molar-refractivity contribution in [3.05, 3.63) is 30.1 Å². The Morgan fingerprint density at radius 1 is 1.26 bits per heavy atom. The smallest absolute Gasteiger partial charge is 0.475 e. The van der Waals surface area contributed by atoms with Gasteiger partial charge < -0.3 is 19.5 Å². The van der Waals surface area contributed by atoms with E-state index in [2.05, 4.69) is 4.98 Å². The van der Waals surface area contributed by atoms with E-state index < -0.39 is 17.8 Å². The summed E-state index contributed by atoms with van der Waals surface area (Å²) >= 11 is 0. The van der Waals surface area contributed by atoms with E-state index in [4.69, 9.17) is 19.4 Å². The first-order valence-corrected chi connectivity index (χ1v) is 9.96. The lowest BCUT2D eigenvalue weighted by atomic mass is 9.78. The van der Waals surface area contributed by atoms with Crippen LogP contribution in [0.15, 0.2) is 24.5 Å². The topological polar surface area (TPSA) is 89.0 Å².